The molecule has 108 valence electrons. The van der Waals surface area contributed by atoms with Gasteiger partial charge in [-0.05, 0) is 36.1 Å². The predicted octanol–water partition coefficient (Wildman–Crippen LogP) is 4.40. The number of hydrogen-bond donors (Lipinski definition) is 0. The van der Waals surface area contributed by atoms with Gasteiger partial charge in [0.2, 0.25) is 0 Å². The second-order valence-electron chi connectivity index (χ2n) is 5.42. The van der Waals surface area contributed by atoms with Crippen LogP contribution in [0.3, 0.4) is 0 Å². The lowest BCUT2D eigenvalue weighted by Gasteiger charge is -2.26. The molecule has 0 aromatic heterocycles. The van der Waals surface area contributed by atoms with Crippen LogP contribution < -0.4 is 4.74 Å². The minimum atomic E-state index is -0.715. The average Bonchev–Trinajstić information content (AvgIpc) is 2.52. The van der Waals surface area contributed by atoms with Crippen molar-refractivity contribution in [3.63, 3.8) is 0 Å². The van der Waals surface area contributed by atoms with Crippen LogP contribution in [-0.4, -0.2) is 5.97 Å². The maximum Gasteiger partial charge on any atom is 0.342 e. The minimum Gasteiger partial charge on any atom is -0.450 e. The fraction of sp³-hybridized carbons (Fsp3) is 0.105. The normalized spacial score (nSPS) is 16.4. The van der Waals surface area contributed by atoms with Gasteiger partial charge in [-0.3, -0.25) is 0 Å². The van der Waals surface area contributed by atoms with Crippen molar-refractivity contribution in [2.45, 2.75) is 13.2 Å². The SMILES string of the molecule is Cc1cccc(OC2OC(=O)c3cccc4cccc2c34)c1. The Morgan fingerprint density at radius 2 is 1.77 bits per heavy atom. The highest BCUT2D eigenvalue weighted by atomic mass is 16.7. The number of benzene rings is 3. The smallest absolute Gasteiger partial charge is 0.342 e. The summed E-state index contributed by atoms with van der Waals surface area (Å²) in [5.74, 6) is 0.344. The molecule has 4 rings (SSSR count). The molecule has 0 radical (unpaired) electrons. The van der Waals surface area contributed by atoms with Gasteiger partial charge >= 0.3 is 5.97 Å². The van der Waals surface area contributed by atoms with Crippen LogP contribution in [0.25, 0.3) is 10.8 Å². The zero-order chi connectivity index (χ0) is 15.1. The molecule has 3 nitrogen and oxygen atoms in total. The molecule has 3 aromatic carbocycles. The zero-order valence-corrected chi connectivity index (χ0v) is 12.1. The van der Waals surface area contributed by atoms with Crippen molar-refractivity contribution in [2.75, 3.05) is 0 Å². The van der Waals surface area contributed by atoms with Gasteiger partial charge in [-0.25, -0.2) is 4.79 Å². The lowest BCUT2D eigenvalue weighted by Crippen LogP contribution is -2.22. The van der Waals surface area contributed by atoms with Crippen LogP contribution in [0, 0.1) is 6.92 Å². The molecule has 3 heteroatoms. The van der Waals surface area contributed by atoms with Crippen molar-refractivity contribution >= 4 is 16.7 Å². The van der Waals surface area contributed by atoms with Crippen molar-refractivity contribution < 1.29 is 14.3 Å². The summed E-state index contributed by atoms with van der Waals surface area (Å²) in [6.45, 7) is 2.00. The van der Waals surface area contributed by atoms with Crippen LogP contribution >= 0.6 is 0 Å². The maximum atomic E-state index is 12.2. The Morgan fingerprint density at radius 3 is 2.59 bits per heavy atom. The van der Waals surface area contributed by atoms with Gasteiger partial charge in [0.15, 0.2) is 0 Å². The van der Waals surface area contributed by atoms with Crippen LogP contribution in [0.1, 0.15) is 27.8 Å². The van der Waals surface area contributed by atoms with E-state index < -0.39 is 6.29 Å². The minimum absolute atomic E-state index is 0.345. The third kappa shape index (κ3) is 2.02. The third-order valence-corrected chi connectivity index (χ3v) is 3.86. The molecule has 0 amide bonds. The molecule has 0 bridgehead atoms. The molecular formula is C19H14O3. The van der Waals surface area contributed by atoms with Crippen LogP contribution in [0.4, 0.5) is 0 Å². The van der Waals surface area contributed by atoms with Crippen molar-refractivity contribution in [2.24, 2.45) is 0 Å². The first-order valence-corrected chi connectivity index (χ1v) is 7.18. The quantitative estimate of drug-likeness (QED) is 0.656. The number of rotatable bonds is 2. The van der Waals surface area contributed by atoms with E-state index in [0.29, 0.717) is 11.3 Å². The second-order valence-corrected chi connectivity index (χ2v) is 5.42. The Morgan fingerprint density at radius 1 is 1.00 bits per heavy atom. The largest absolute Gasteiger partial charge is 0.450 e. The first-order chi connectivity index (χ1) is 10.7. The van der Waals surface area contributed by atoms with Gasteiger partial charge in [0.1, 0.15) is 5.75 Å². The standard InChI is InChI=1S/C19H14O3/c1-12-5-2-8-14(11-12)21-19-16-10-4-7-13-6-3-9-15(17(13)16)18(20)22-19/h2-11,19H,1H3. The highest BCUT2D eigenvalue weighted by molar-refractivity contribution is 6.07. The average molecular weight is 290 g/mol. The first kappa shape index (κ1) is 12.9. The van der Waals surface area contributed by atoms with Gasteiger partial charge in [-0.2, -0.15) is 0 Å². The molecule has 1 aliphatic heterocycles. The van der Waals surface area contributed by atoms with E-state index in [0.717, 1.165) is 21.9 Å². The molecule has 0 saturated carbocycles. The fourth-order valence-electron chi connectivity index (χ4n) is 2.86. The lowest BCUT2D eigenvalue weighted by molar-refractivity contribution is -0.0522. The van der Waals surface area contributed by atoms with Crippen LogP contribution in [0.5, 0.6) is 5.75 Å². The Labute approximate surface area is 128 Å². The number of hydrogen-bond acceptors (Lipinski definition) is 3. The van der Waals surface area contributed by atoms with Crippen molar-refractivity contribution in [1.29, 1.82) is 0 Å². The summed E-state index contributed by atoms with van der Waals surface area (Å²) in [6, 6.07) is 19.2. The van der Waals surface area contributed by atoms with E-state index >= 15 is 0 Å². The molecule has 1 aliphatic rings. The van der Waals surface area contributed by atoms with Gasteiger partial charge in [0.25, 0.3) is 6.29 Å². The predicted molar refractivity (Wildman–Crippen MR) is 83.9 cm³/mol. The fourth-order valence-corrected chi connectivity index (χ4v) is 2.86. The first-order valence-electron chi connectivity index (χ1n) is 7.18. The molecule has 1 heterocycles. The number of carbonyl (C=O) groups is 1. The van der Waals surface area contributed by atoms with E-state index in [-0.39, 0.29) is 5.97 Å². The summed E-state index contributed by atoms with van der Waals surface area (Å²) < 4.78 is 11.4. The molecule has 3 aromatic rings. The number of cyclic esters (lactones) is 1. The monoisotopic (exact) mass is 290 g/mol. The van der Waals surface area contributed by atoms with E-state index in [1.54, 1.807) is 6.07 Å². The molecule has 0 fully saturated rings. The van der Waals surface area contributed by atoms with Crippen LogP contribution in [0.2, 0.25) is 0 Å². The van der Waals surface area contributed by atoms with E-state index in [1.165, 1.54) is 0 Å². The van der Waals surface area contributed by atoms with Crippen molar-refractivity contribution in [1.82, 2.24) is 0 Å². The highest BCUT2D eigenvalue weighted by Gasteiger charge is 2.29. The summed E-state index contributed by atoms with van der Waals surface area (Å²) in [5, 5.41) is 1.93. The van der Waals surface area contributed by atoms with Crippen molar-refractivity contribution in [3.8, 4) is 5.75 Å². The van der Waals surface area contributed by atoms with Gasteiger partial charge in [-0.1, -0.05) is 42.5 Å². The second kappa shape index (κ2) is 4.88. The molecule has 0 saturated heterocycles. The molecule has 22 heavy (non-hydrogen) atoms. The van der Waals surface area contributed by atoms with E-state index in [1.807, 2.05) is 61.5 Å². The summed E-state index contributed by atoms with van der Waals surface area (Å²) in [5.41, 5.74) is 2.57. The third-order valence-electron chi connectivity index (χ3n) is 3.86. The highest BCUT2D eigenvalue weighted by Crippen LogP contribution is 2.36. The molecular weight excluding hydrogens is 276 g/mol. The van der Waals surface area contributed by atoms with Gasteiger partial charge < -0.3 is 9.47 Å². The topological polar surface area (TPSA) is 35.5 Å². The van der Waals surface area contributed by atoms with E-state index in [2.05, 4.69) is 0 Å². The summed E-state index contributed by atoms with van der Waals surface area (Å²) in [7, 11) is 0. The van der Waals surface area contributed by atoms with Crippen LogP contribution in [0.15, 0.2) is 60.7 Å². The van der Waals surface area contributed by atoms with E-state index in [4.69, 9.17) is 9.47 Å². The number of carbonyl (C=O) groups excluding carboxylic acids is 1. The summed E-state index contributed by atoms with van der Waals surface area (Å²) >= 11 is 0. The van der Waals surface area contributed by atoms with Gasteiger partial charge in [0.05, 0.1) is 5.56 Å². The molecule has 1 unspecified atom stereocenters. The Balaban J connectivity index is 1.83. The molecule has 0 N–H and O–H groups in total. The zero-order valence-electron chi connectivity index (χ0n) is 12.1. The molecule has 0 spiro atoms. The maximum absolute atomic E-state index is 12.2. The van der Waals surface area contributed by atoms with Crippen molar-refractivity contribution in [3.05, 3.63) is 77.4 Å². The summed E-state index contributed by atoms with van der Waals surface area (Å²) in [4.78, 5) is 12.2. The molecule has 0 aliphatic carbocycles. The Bertz CT molecular complexity index is 877. The van der Waals surface area contributed by atoms with E-state index in [9.17, 15) is 4.79 Å². The lowest BCUT2D eigenvalue weighted by atomic mass is 9.97. The van der Waals surface area contributed by atoms with Gasteiger partial charge in [-0.15, -0.1) is 0 Å². The number of esters is 1. The number of ether oxygens (including phenoxy) is 2. The van der Waals surface area contributed by atoms with Crippen LogP contribution in [-0.2, 0) is 4.74 Å². The van der Waals surface area contributed by atoms with Gasteiger partial charge in [0, 0.05) is 10.9 Å². The number of aryl methyl sites for hydroxylation is 1. The summed E-state index contributed by atoms with van der Waals surface area (Å²) in [6.07, 6.45) is -0.715. The Kier molecular flexibility index (Phi) is 2.86. The Hall–Kier alpha value is -2.81. The molecule has 1 atom stereocenters.